The molecule has 0 spiro atoms. The third-order valence-electron chi connectivity index (χ3n) is 9.77. The summed E-state index contributed by atoms with van der Waals surface area (Å²) in [6, 6.07) is 0. The maximum Gasteiger partial charge on any atom is 0.0554 e. The molecule has 35 heavy (non-hydrogen) atoms. The van der Waals surface area contributed by atoms with Gasteiger partial charge in [0.05, 0.1) is 21.9 Å². The van der Waals surface area contributed by atoms with Gasteiger partial charge in [-0.2, -0.15) is 0 Å². The Bertz CT molecular complexity index is 708. The molecule has 0 aliphatic heterocycles. The molecule has 4 aliphatic rings. The van der Waals surface area contributed by atoms with Crippen LogP contribution >= 0.6 is 31.9 Å². The highest BCUT2D eigenvalue weighted by atomic mass is 79.9. The molecule has 6 atom stereocenters. The molecule has 0 saturated heterocycles. The van der Waals surface area contributed by atoms with Crippen LogP contribution in [-0.4, -0.2) is 21.9 Å². The fourth-order valence-electron chi connectivity index (χ4n) is 7.60. The van der Waals surface area contributed by atoms with E-state index in [9.17, 15) is 0 Å². The van der Waals surface area contributed by atoms with E-state index in [1.807, 2.05) is 0 Å². The summed E-state index contributed by atoms with van der Waals surface area (Å²) in [6.07, 6.45) is 35.1. The third kappa shape index (κ3) is 6.31. The van der Waals surface area contributed by atoms with Crippen molar-refractivity contribution in [3.05, 3.63) is 48.6 Å². The highest BCUT2D eigenvalue weighted by Crippen LogP contribution is 2.50. The molecule has 0 N–H and O–H groups in total. The second kappa shape index (κ2) is 13.1. The molecule has 0 aromatic rings. The number of hydrogen-bond acceptors (Lipinski definition) is 1. The van der Waals surface area contributed by atoms with Gasteiger partial charge in [-0.3, -0.25) is 0 Å². The Labute approximate surface area is 232 Å². The van der Waals surface area contributed by atoms with Gasteiger partial charge < -0.3 is 4.74 Å². The summed E-state index contributed by atoms with van der Waals surface area (Å²) in [4.78, 5) is 0. The van der Waals surface area contributed by atoms with E-state index in [1.165, 1.54) is 64.2 Å². The van der Waals surface area contributed by atoms with Crippen molar-refractivity contribution in [1.82, 2.24) is 0 Å². The zero-order valence-corrected chi connectivity index (χ0v) is 25.3. The van der Waals surface area contributed by atoms with Gasteiger partial charge in [0.1, 0.15) is 0 Å². The molecule has 196 valence electrons. The Kier molecular flexibility index (Phi) is 10.4. The van der Waals surface area contributed by atoms with Crippen LogP contribution in [-0.2, 0) is 4.74 Å². The molecule has 0 bridgehead atoms. The van der Waals surface area contributed by atoms with E-state index >= 15 is 0 Å². The number of alkyl halides is 2. The molecule has 6 unspecified atom stereocenters. The number of ether oxygens (including phenoxy) is 1. The van der Waals surface area contributed by atoms with E-state index in [0.717, 1.165) is 37.9 Å². The summed E-state index contributed by atoms with van der Waals surface area (Å²) in [5.74, 6) is 3.71. The van der Waals surface area contributed by atoms with Gasteiger partial charge in [0.2, 0.25) is 0 Å². The minimum Gasteiger partial charge on any atom is -0.381 e. The molecular weight excluding hydrogens is 560 g/mol. The van der Waals surface area contributed by atoms with E-state index in [1.54, 1.807) is 0 Å². The summed E-state index contributed by atoms with van der Waals surface area (Å²) in [5, 5.41) is 0. The monoisotopic (exact) mass is 606 g/mol. The maximum atomic E-state index is 6.67. The molecule has 3 heteroatoms. The number of halogens is 2. The van der Waals surface area contributed by atoms with Crippen LogP contribution in [0.1, 0.15) is 90.9 Å². The fraction of sp³-hybridized carbons (Fsp3) is 0.750. The molecule has 0 radical (unpaired) electrons. The van der Waals surface area contributed by atoms with E-state index in [4.69, 9.17) is 4.74 Å². The largest absolute Gasteiger partial charge is 0.381 e. The highest BCUT2D eigenvalue weighted by Gasteiger charge is 2.46. The minimum atomic E-state index is 0.0183. The van der Waals surface area contributed by atoms with Crippen molar-refractivity contribution in [2.24, 2.45) is 35.5 Å². The summed E-state index contributed by atoms with van der Waals surface area (Å²) in [5.41, 5.74) is 0. The molecule has 0 aromatic carbocycles. The lowest BCUT2D eigenvalue weighted by molar-refractivity contribution is 0.0406. The van der Waals surface area contributed by atoms with E-state index < -0.39 is 0 Å². The van der Waals surface area contributed by atoms with Crippen LogP contribution in [0.2, 0.25) is 0 Å². The summed E-state index contributed by atoms with van der Waals surface area (Å²) in [6.45, 7) is 6.35. The SMILES string of the molecule is CCC(COCC(CC)C1(Br)C=CC=CC1C1CCCCC1)C1(Br)C=CC=CC1C1CCCCC1. The van der Waals surface area contributed by atoms with Crippen LogP contribution in [0, 0.1) is 35.5 Å². The highest BCUT2D eigenvalue weighted by molar-refractivity contribution is 9.10. The van der Waals surface area contributed by atoms with Crippen LogP contribution < -0.4 is 0 Å². The normalized spacial score (nSPS) is 35.9. The Hall–Kier alpha value is -0.120. The molecule has 0 aromatic heterocycles. The van der Waals surface area contributed by atoms with Gasteiger partial charge in [-0.25, -0.2) is 0 Å². The lowest BCUT2D eigenvalue weighted by Crippen LogP contribution is -2.45. The lowest BCUT2D eigenvalue weighted by atomic mass is 9.67. The first-order valence-corrected chi connectivity index (χ1v) is 16.3. The molecule has 4 rings (SSSR count). The molecule has 0 heterocycles. The first-order valence-electron chi connectivity index (χ1n) is 14.7. The van der Waals surface area contributed by atoms with Crippen molar-refractivity contribution in [1.29, 1.82) is 0 Å². The molecule has 1 nitrogen and oxygen atoms in total. The molecule has 2 fully saturated rings. The predicted octanol–water partition coefficient (Wildman–Crippen LogP) is 9.97. The molecule has 4 aliphatic carbocycles. The molecular formula is C32H48Br2O. The minimum absolute atomic E-state index is 0.0183. The van der Waals surface area contributed by atoms with Gasteiger partial charge in [-0.15, -0.1) is 0 Å². The maximum absolute atomic E-state index is 6.67. The van der Waals surface area contributed by atoms with Gasteiger partial charge in [0, 0.05) is 11.8 Å². The topological polar surface area (TPSA) is 9.23 Å². The Morgan fingerprint density at radius 1 is 0.657 bits per heavy atom. The Morgan fingerprint density at radius 2 is 1.06 bits per heavy atom. The van der Waals surface area contributed by atoms with Crippen molar-refractivity contribution >= 4 is 31.9 Å². The van der Waals surface area contributed by atoms with E-state index in [0.29, 0.717) is 23.7 Å². The van der Waals surface area contributed by atoms with Gasteiger partial charge in [-0.1, -0.05) is 133 Å². The van der Waals surface area contributed by atoms with Crippen LogP contribution in [0.25, 0.3) is 0 Å². The Balaban J connectivity index is 1.41. The van der Waals surface area contributed by atoms with Crippen molar-refractivity contribution < 1.29 is 4.74 Å². The zero-order chi connectivity index (χ0) is 24.7. The van der Waals surface area contributed by atoms with Gasteiger partial charge in [-0.05, 0) is 62.2 Å². The van der Waals surface area contributed by atoms with Crippen molar-refractivity contribution in [2.75, 3.05) is 13.2 Å². The molecule has 2 saturated carbocycles. The van der Waals surface area contributed by atoms with Gasteiger partial charge in [0.15, 0.2) is 0 Å². The first-order chi connectivity index (χ1) is 17.0. The Morgan fingerprint density at radius 3 is 1.43 bits per heavy atom. The zero-order valence-electron chi connectivity index (χ0n) is 22.1. The van der Waals surface area contributed by atoms with E-state index in [2.05, 4.69) is 94.3 Å². The average Bonchev–Trinajstić information content (AvgIpc) is 2.90. The number of allylic oxidation sites excluding steroid dienone is 8. The van der Waals surface area contributed by atoms with Crippen molar-refractivity contribution in [3.63, 3.8) is 0 Å². The quantitative estimate of drug-likeness (QED) is 0.224. The summed E-state index contributed by atoms with van der Waals surface area (Å²) >= 11 is 8.62. The number of hydrogen-bond donors (Lipinski definition) is 0. The smallest absolute Gasteiger partial charge is 0.0554 e. The van der Waals surface area contributed by atoms with Crippen molar-refractivity contribution in [3.8, 4) is 0 Å². The third-order valence-corrected chi connectivity index (χ3v) is 12.7. The fourth-order valence-corrected chi connectivity index (χ4v) is 9.87. The van der Waals surface area contributed by atoms with Gasteiger partial charge >= 0.3 is 0 Å². The van der Waals surface area contributed by atoms with Gasteiger partial charge in [0.25, 0.3) is 0 Å². The van der Waals surface area contributed by atoms with Crippen LogP contribution in [0.15, 0.2) is 48.6 Å². The van der Waals surface area contributed by atoms with E-state index in [-0.39, 0.29) is 8.65 Å². The predicted molar refractivity (Wildman–Crippen MR) is 158 cm³/mol. The van der Waals surface area contributed by atoms with Crippen molar-refractivity contribution in [2.45, 2.75) is 99.5 Å². The van der Waals surface area contributed by atoms with Crippen LogP contribution in [0.3, 0.4) is 0 Å². The second-order valence-electron chi connectivity index (χ2n) is 11.7. The average molecular weight is 609 g/mol. The number of rotatable bonds is 10. The second-order valence-corrected chi connectivity index (χ2v) is 14.5. The lowest BCUT2D eigenvalue weighted by Gasteiger charge is -2.46. The van der Waals surface area contributed by atoms with Crippen LogP contribution in [0.4, 0.5) is 0 Å². The van der Waals surface area contributed by atoms with Crippen LogP contribution in [0.5, 0.6) is 0 Å². The summed E-state index contributed by atoms with van der Waals surface area (Å²) < 4.78 is 6.71. The summed E-state index contributed by atoms with van der Waals surface area (Å²) in [7, 11) is 0. The molecule has 0 amide bonds. The standard InChI is InChI=1S/C32H48Br2O/c1-3-27(31(33)21-13-11-19-29(31)25-15-7-5-8-16-25)23-35-24-28(4-2)32(34)22-14-12-20-30(32)26-17-9-6-10-18-26/h11-14,19-22,25-30H,3-10,15-18,23-24H2,1-2H3. The first kappa shape index (κ1) is 27.9.